The molecule has 1 atom stereocenters. The summed E-state index contributed by atoms with van der Waals surface area (Å²) in [4.78, 5) is 4.22. The van der Waals surface area contributed by atoms with Gasteiger partial charge in [0, 0.05) is 18.8 Å². The van der Waals surface area contributed by atoms with Gasteiger partial charge in [0.2, 0.25) is 5.88 Å². The van der Waals surface area contributed by atoms with Gasteiger partial charge >= 0.3 is 0 Å². The van der Waals surface area contributed by atoms with Gasteiger partial charge in [0.25, 0.3) is 0 Å². The number of ether oxygens (including phenoxy) is 1. The van der Waals surface area contributed by atoms with E-state index in [0.29, 0.717) is 0 Å². The topological polar surface area (TPSA) is 34.1 Å². The molecule has 0 radical (unpaired) electrons. The number of rotatable bonds is 7. The molecule has 0 aliphatic carbocycles. The third-order valence-corrected chi connectivity index (χ3v) is 2.40. The van der Waals surface area contributed by atoms with E-state index >= 15 is 0 Å². The summed E-state index contributed by atoms with van der Waals surface area (Å²) in [5.41, 5.74) is 1.22. The van der Waals surface area contributed by atoms with Gasteiger partial charge < -0.3 is 10.1 Å². The molecule has 0 aliphatic heterocycles. The first-order valence-electron chi connectivity index (χ1n) is 6.08. The quantitative estimate of drug-likeness (QED) is 0.770. The van der Waals surface area contributed by atoms with Gasteiger partial charge in [-0.25, -0.2) is 4.98 Å². The molecule has 3 heteroatoms. The van der Waals surface area contributed by atoms with Gasteiger partial charge in [0.15, 0.2) is 0 Å². The molecular weight excluding hydrogens is 200 g/mol. The molecule has 0 aromatic carbocycles. The number of aromatic nitrogens is 1. The maximum absolute atomic E-state index is 5.74. The van der Waals surface area contributed by atoms with E-state index in [0.717, 1.165) is 31.8 Å². The first-order chi connectivity index (χ1) is 7.76. The summed E-state index contributed by atoms with van der Waals surface area (Å²) in [6.45, 7) is 8.20. The Balaban J connectivity index is 2.52. The summed E-state index contributed by atoms with van der Waals surface area (Å²) >= 11 is 0. The Kier molecular flexibility index (Phi) is 5.86. The molecule has 0 saturated heterocycles. The van der Waals surface area contributed by atoms with Crippen LogP contribution < -0.4 is 10.1 Å². The molecule has 0 bridgehead atoms. The minimum Gasteiger partial charge on any atom is -0.475 e. The molecule has 0 aliphatic rings. The summed E-state index contributed by atoms with van der Waals surface area (Å²) < 4.78 is 5.74. The first-order valence-corrected chi connectivity index (χ1v) is 6.08. The van der Waals surface area contributed by atoms with Crippen LogP contribution in [0.15, 0.2) is 18.3 Å². The number of hydrogen-bond donors (Lipinski definition) is 1. The first kappa shape index (κ1) is 13.0. The lowest BCUT2D eigenvalue weighted by Crippen LogP contribution is -2.14. The molecule has 90 valence electrons. The van der Waals surface area contributed by atoms with E-state index in [9.17, 15) is 0 Å². The molecule has 1 heterocycles. The van der Waals surface area contributed by atoms with Gasteiger partial charge in [-0.2, -0.15) is 0 Å². The van der Waals surface area contributed by atoms with Crippen LogP contribution >= 0.6 is 0 Å². The van der Waals surface area contributed by atoms with Crippen molar-refractivity contribution in [3.8, 4) is 5.88 Å². The lowest BCUT2D eigenvalue weighted by Gasteiger charge is -2.13. The van der Waals surface area contributed by atoms with E-state index in [4.69, 9.17) is 4.74 Å². The van der Waals surface area contributed by atoms with Crippen molar-refractivity contribution in [1.29, 1.82) is 0 Å². The summed E-state index contributed by atoms with van der Waals surface area (Å²) in [7, 11) is 0. The van der Waals surface area contributed by atoms with Crippen molar-refractivity contribution in [2.24, 2.45) is 0 Å². The molecule has 1 rings (SSSR count). The highest BCUT2D eigenvalue weighted by atomic mass is 16.5. The summed E-state index contributed by atoms with van der Waals surface area (Å²) in [5.74, 6) is 0.733. The fourth-order valence-corrected chi connectivity index (χ4v) is 1.57. The van der Waals surface area contributed by atoms with Crippen LogP contribution in [0.2, 0.25) is 0 Å². The van der Waals surface area contributed by atoms with E-state index < -0.39 is 0 Å². The molecule has 0 spiro atoms. The van der Waals surface area contributed by atoms with Crippen molar-refractivity contribution in [2.45, 2.75) is 46.3 Å². The van der Waals surface area contributed by atoms with Crippen molar-refractivity contribution in [3.05, 3.63) is 23.9 Å². The van der Waals surface area contributed by atoms with Crippen LogP contribution in [0.4, 0.5) is 0 Å². The molecule has 0 fully saturated rings. The molecule has 16 heavy (non-hydrogen) atoms. The molecule has 1 N–H and O–H groups in total. The molecule has 1 aromatic rings. The summed E-state index contributed by atoms with van der Waals surface area (Å²) in [5, 5.41) is 3.29. The van der Waals surface area contributed by atoms with Crippen molar-refractivity contribution >= 4 is 0 Å². The van der Waals surface area contributed by atoms with Crippen LogP contribution in [0.5, 0.6) is 5.88 Å². The van der Waals surface area contributed by atoms with Crippen LogP contribution in [0, 0.1) is 0 Å². The Labute approximate surface area is 98.2 Å². The minimum absolute atomic E-state index is 0.242. The predicted octanol–water partition coefficient (Wildman–Crippen LogP) is 2.76. The summed E-state index contributed by atoms with van der Waals surface area (Å²) in [6, 6.07) is 4.02. The van der Waals surface area contributed by atoms with Crippen molar-refractivity contribution < 1.29 is 4.74 Å². The summed E-state index contributed by atoms with van der Waals surface area (Å²) in [6.07, 6.45) is 4.25. The van der Waals surface area contributed by atoms with E-state index in [1.165, 1.54) is 5.56 Å². The zero-order valence-corrected chi connectivity index (χ0v) is 10.5. The van der Waals surface area contributed by atoms with Gasteiger partial charge in [-0.1, -0.05) is 20.3 Å². The van der Waals surface area contributed by atoms with Crippen molar-refractivity contribution in [2.75, 3.05) is 6.54 Å². The minimum atomic E-state index is 0.242. The second kappa shape index (κ2) is 7.23. The highest BCUT2D eigenvalue weighted by Gasteiger charge is 2.04. The lowest BCUT2D eigenvalue weighted by atomic mass is 10.2. The SMILES string of the molecule is CCCC(C)Oc1cc(CNCC)ccn1. The molecular formula is C13H22N2O. The Morgan fingerprint density at radius 3 is 2.94 bits per heavy atom. The Bertz CT molecular complexity index is 302. The van der Waals surface area contributed by atoms with Gasteiger partial charge in [0.1, 0.15) is 0 Å². The molecule has 0 amide bonds. The Morgan fingerprint density at radius 1 is 1.44 bits per heavy atom. The predicted molar refractivity (Wildman–Crippen MR) is 66.6 cm³/mol. The smallest absolute Gasteiger partial charge is 0.213 e. The van der Waals surface area contributed by atoms with E-state index in [2.05, 4.69) is 31.1 Å². The van der Waals surface area contributed by atoms with E-state index in [1.807, 2.05) is 12.1 Å². The largest absolute Gasteiger partial charge is 0.475 e. The zero-order valence-electron chi connectivity index (χ0n) is 10.5. The fraction of sp³-hybridized carbons (Fsp3) is 0.615. The monoisotopic (exact) mass is 222 g/mol. The zero-order chi connectivity index (χ0) is 11.8. The van der Waals surface area contributed by atoms with Crippen LogP contribution in [-0.2, 0) is 6.54 Å². The normalized spacial score (nSPS) is 12.4. The molecule has 3 nitrogen and oxygen atoms in total. The lowest BCUT2D eigenvalue weighted by molar-refractivity contribution is 0.201. The number of pyridine rings is 1. The number of nitrogens with zero attached hydrogens (tertiary/aromatic N) is 1. The maximum atomic E-state index is 5.74. The molecule has 0 saturated carbocycles. The average Bonchev–Trinajstić information content (AvgIpc) is 2.27. The Morgan fingerprint density at radius 2 is 2.25 bits per heavy atom. The van der Waals surface area contributed by atoms with Gasteiger partial charge in [-0.05, 0) is 31.5 Å². The highest BCUT2D eigenvalue weighted by Crippen LogP contribution is 2.12. The maximum Gasteiger partial charge on any atom is 0.213 e. The van der Waals surface area contributed by atoms with Crippen LogP contribution in [0.1, 0.15) is 39.2 Å². The molecule has 1 unspecified atom stereocenters. The van der Waals surface area contributed by atoms with Gasteiger partial charge in [-0.15, -0.1) is 0 Å². The standard InChI is InChI=1S/C13H22N2O/c1-4-6-11(3)16-13-9-12(7-8-15-13)10-14-5-2/h7-9,11,14H,4-6,10H2,1-3H3. The van der Waals surface area contributed by atoms with Crippen molar-refractivity contribution in [3.63, 3.8) is 0 Å². The van der Waals surface area contributed by atoms with E-state index in [-0.39, 0.29) is 6.10 Å². The van der Waals surface area contributed by atoms with E-state index in [1.54, 1.807) is 6.20 Å². The second-order valence-corrected chi connectivity index (χ2v) is 4.00. The van der Waals surface area contributed by atoms with Crippen molar-refractivity contribution in [1.82, 2.24) is 10.3 Å². The third kappa shape index (κ3) is 4.62. The van der Waals surface area contributed by atoms with Gasteiger partial charge in [0.05, 0.1) is 6.10 Å². The second-order valence-electron chi connectivity index (χ2n) is 4.00. The fourth-order valence-electron chi connectivity index (χ4n) is 1.57. The third-order valence-electron chi connectivity index (χ3n) is 2.40. The average molecular weight is 222 g/mol. The molecule has 1 aromatic heterocycles. The van der Waals surface area contributed by atoms with Gasteiger partial charge in [-0.3, -0.25) is 0 Å². The van der Waals surface area contributed by atoms with Crippen LogP contribution in [-0.4, -0.2) is 17.6 Å². The number of nitrogens with one attached hydrogen (secondary N) is 1. The van der Waals surface area contributed by atoms with Crippen LogP contribution in [0.3, 0.4) is 0 Å². The van der Waals surface area contributed by atoms with Crippen LogP contribution in [0.25, 0.3) is 0 Å². The number of hydrogen-bond acceptors (Lipinski definition) is 3. The highest BCUT2D eigenvalue weighted by molar-refractivity contribution is 5.20. The Hall–Kier alpha value is -1.09.